The van der Waals surface area contributed by atoms with Crippen LogP contribution in [-0.4, -0.2) is 44.5 Å². The zero-order valence-corrected chi connectivity index (χ0v) is 19.8. The molecule has 0 unspecified atom stereocenters. The summed E-state index contributed by atoms with van der Waals surface area (Å²) in [7, 11) is 3.19. The summed E-state index contributed by atoms with van der Waals surface area (Å²) >= 11 is 1.35. The van der Waals surface area contributed by atoms with Crippen LogP contribution in [0.25, 0.3) is 5.78 Å². The molecule has 0 spiro atoms. The number of benzene rings is 2. The molecule has 1 aliphatic carbocycles. The molecule has 0 N–H and O–H groups in total. The van der Waals surface area contributed by atoms with Gasteiger partial charge < -0.3 is 9.47 Å². The highest BCUT2D eigenvalue weighted by molar-refractivity contribution is 7.98. The lowest BCUT2D eigenvalue weighted by Gasteiger charge is -2.24. The average molecular weight is 492 g/mol. The van der Waals surface area contributed by atoms with Crippen LogP contribution in [-0.2, 0) is 12.2 Å². The quantitative estimate of drug-likeness (QED) is 0.212. The second kappa shape index (κ2) is 9.34. The van der Waals surface area contributed by atoms with Crippen LogP contribution in [0.2, 0.25) is 0 Å². The van der Waals surface area contributed by atoms with Crippen molar-refractivity contribution in [1.82, 2.24) is 19.6 Å². The van der Waals surface area contributed by atoms with Crippen molar-refractivity contribution < 1.29 is 19.2 Å². The minimum Gasteiger partial charge on any atom is -0.497 e. The number of nitro groups is 1. The Morgan fingerprint density at radius 3 is 2.77 bits per heavy atom. The Morgan fingerprint density at radius 2 is 2.00 bits per heavy atom. The van der Waals surface area contributed by atoms with Gasteiger partial charge in [0.1, 0.15) is 11.5 Å². The highest BCUT2D eigenvalue weighted by Crippen LogP contribution is 2.38. The largest absolute Gasteiger partial charge is 0.497 e. The van der Waals surface area contributed by atoms with Gasteiger partial charge in [0.15, 0.2) is 5.78 Å². The first kappa shape index (κ1) is 22.8. The molecule has 1 aliphatic rings. The van der Waals surface area contributed by atoms with Gasteiger partial charge in [0.05, 0.1) is 30.4 Å². The van der Waals surface area contributed by atoms with E-state index in [0.29, 0.717) is 52.3 Å². The fraction of sp³-hybridized carbons (Fsp3) is 0.250. The Balaban J connectivity index is 1.39. The van der Waals surface area contributed by atoms with Gasteiger partial charge in [0.2, 0.25) is 5.16 Å². The zero-order chi connectivity index (χ0) is 24.5. The lowest BCUT2D eigenvalue weighted by Crippen LogP contribution is -2.21. The number of carbonyl (C=O) groups is 1. The third-order valence-corrected chi connectivity index (χ3v) is 6.84. The number of hydrogen-bond donors (Lipinski definition) is 0. The van der Waals surface area contributed by atoms with E-state index in [0.717, 1.165) is 11.1 Å². The van der Waals surface area contributed by atoms with Crippen LogP contribution >= 0.6 is 11.8 Å². The van der Waals surface area contributed by atoms with E-state index in [4.69, 9.17) is 9.47 Å². The molecule has 0 fully saturated rings. The number of aromatic nitrogens is 4. The number of thioether (sulfide) groups is 1. The van der Waals surface area contributed by atoms with E-state index in [-0.39, 0.29) is 17.4 Å². The highest BCUT2D eigenvalue weighted by atomic mass is 32.2. The maximum absolute atomic E-state index is 13.0. The SMILES string of the molecule is COc1ccc([C@H]2CC(=O)c3cn4nc(SCc5cccc([N+](=O)[O-])c5)nc4nc3C2)c(OC)c1. The second-order valence-electron chi connectivity index (χ2n) is 8.09. The minimum atomic E-state index is -0.419. The fourth-order valence-electron chi connectivity index (χ4n) is 4.21. The lowest BCUT2D eigenvalue weighted by atomic mass is 9.82. The van der Waals surface area contributed by atoms with Crippen molar-refractivity contribution >= 4 is 29.0 Å². The topological polar surface area (TPSA) is 122 Å². The molecule has 0 aliphatic heterocycles. The third kappa shape index (κ3) is 4.54. The van der Waals surface area contributed by atoms with Gasteiger partial charge in [-0.2, -0.15) is 4.98 Å². The van der Waals surface area contributed by atoms with Crippen molar-refractivity contribution in [2.45, 2.75) is 29.7 Å². The number of non-ortho nitro benzene ring substituents is 1. The number of ketones is 1. The van der Waals surface area contributed by atoms with E-state index in [1.807, 2.05) is 24.3 Å². The Bertz CT molecular complexity index is 1450. The highest BCUT2D eigenvalue weighted by Gasteiger charge is 2.30. The summed E-state index contributed by atoms with van der Waals surface area (Å²) in [6.07, 6.45) is 2.60. The summed E-state index contributed by atoms with van der Waals surface area (Å²) < 4.78 is 12.3. The van der Waals surface area contributed by atoms with Crippen LogP contribution in [0.4, 0.5) is 5.69 Å². The van der Waals surface area contributed by atoms with E-state index >= 15 is 0 Å². The number of carbonyl (C=O) groups excluding carboxylic acids is 1. The number of nitro benzene ring substituents is 1. The normalized spacial score (nSPS) is 15.1. The summed E-state index contributed by atoms with van der Waals surface area (Å²) in [5, 5.41) is 15.9. The Kier molecular flexibility index (Phi) is 6.08. The van der Waals surface area contributed by atoms with Crippen LogP contribution in [0.1, 0.15) is 39.5 Å². The van der Waals surface area contributed by atoms with Crippen molar-refractivity contribution in [2.24, 2.45) is 0 Å². The molecule has 2 aromatic heterocycles. The summed E-state index contributed by atoms with van der Waals surface area (Å²) in [5.74, 6) is 2.15. The van der Waals surface area contributed by atoms with Crippen LogP contribution in [0.15, 0.2) is 53.8 Å². The van der Waals surface area contributed by atoms with Gasteiger partial charge in [-0.05, 0) is 23.6 Å². The molecule has 4 aromatic rings. The first-order valence-corrected chi connectivity index (χ1v) is 11.8. The standard InChI is InChI=1S/C24H21N5O5S/c1-33-17-6-7-18(22(11-17)34-2)15-9-20-19(21(30)10-15)12-28-23(25-20)26-24(27-28)35-13-14-4-3-5-16(8-14)29(31)32/h3-8,11-12,15H,9-10,13H2,1-2H3/t15-/m1/s1. The summed E-state index contributed by atoms with van der Waals surface area (Å²) in [6, 6.07) is 12.1. The maximum Gasteiger partial charge on any atom is 0.269 e. The summed E-state index contributed by atoms with van der Waals surface area (Å²) in [6.45, 7) is 0. The van der Waals surface area contributed by atoms with Gasteiger partial charge in [-0.3, -0.25) is 14.9 Å². The van der Waals surface area contributed by atoms with Crippen molar-refractivity contribution in [3.8, 4) is 11.5 Å². The first-order valence-electron chi connectivity index (χ1n) is 10.8. The van der Waals surface area contributed by atoms with Gasteiger partial charge in [0.25, 0.3) is 11.5 Å². The number of methoxy groups -OCH3 is 2. The molecule has 2 aromatic carbocycles. The molecule has 0 radical (unpaired) electrons. The molecule has 0 bridgehead atoms. The molecule has 1 atom stereocenters. The predicted octanol–water partition coefficient (Wildman–Crippen LogP) is 4.25. The van der Waals surface area contributed by atoms with Crippen molar-refractivity contribution in [2.75, 3.05) is 14.2 Å². The molecular weight excluding hydrogens is 470 g/mol. The van der Waals surface area contributed by atoms with Gasteiger partial charge >= 0.3 is 0 Å². The van der Waals surface area contributed by atoms with Gasteiger partial charge in [-0.15, -0.1) is 5.10 Å². The Morgan fingerprint density at radius 1 is 1.14 bits per heavy atom. The molecule has 2 heterocycles. The van der Waals surface area contributed by atoms with Crippen molar-refractivity contribution in [3.63, 3.8) is 0 Å². The first-order chi connectivity index (χ1) is 16.9. The number of ether oxygens (including phenoxy) is 2. The maximum atomic E-state index is 13.0. The van der Waals surface area contributed by atoms with Crippen LogP contribution in [0.3, 0.4) is 0 Å². The van der Waals surface area contributed by atoms with E-state index in [2.05, 4.69) is 15.1 Å². The van der Waals surface area contributed by atoms with Gasteiger partial charge in [-0.1, -0.05) is 30.0 Å². The molecule has 11 heteroatoms. The molecule has 35 heavy (non-hydrogen) atoms. The average Bonchev–Trinajstić information content (AvgIpc) is 3.27. The zero-order valence-electron chi connectivity index (χ0n) is 19.0. The van der Waals surface area contributed by atoms with E-state index < -0.39 is 4.92 Å². The van der Waals surface area contributed by atoms with Gasteiger partial charge in [-0.25, -0.2) is 9.50 Å². The summed E-state index contributed by atoms with van der Waals surface area (Å²) in [4.78, 5) is 32.7. The smallest absolute Gasteiger partial charge is 0.269 e. The Hall–Kier alpha value is -3.99. The third-order valence-electron chi connectivity index (χ3n) is 5.93. The van der Waals surface area contributed by atoms with E-state index in [1.54, 1.807) is 26.5 Å². The van der Waals surface area contributed by atoms with E-state index in [9.17, 15) is 14.9 Å². The Labute approximate surface area is 204 Å². The van der Waals surface area contributed by atoms with Crippen molar-refractivity contribution in [1.29, 1.82) is 0 Å². The van der Waals surface area contributed by atoms with Gasteiger partial charge in [0, 0.05) is 42.5 Å². The fourth-order valence-corrected chi connectivity index (χ4v) is 4.98. The molecular formula is C24H21N5O5S. The molecule has 0 saturated heterocycles. The number of hydrogen-bond acceptors (Lipinski definition) is 9. The van der Waals surface area contributed by atoms with E-state index in [1.165, 1.54) is 28.4 Å². The molecule has 0 saturated carbocycles. The van der Waals surface area contributed by atoms with Crippen molar-refractivity contribution in [3.05, 3.63) is 81.2 Å². The number of Topliss-reactive ketones (excluding diaryl/α,β-unsaturated/α-hetero) is 1. The number of rotatable bonds is 7. The second-order valence-corrected chi connectivity index (χ2v) is 9.03. The monoisotopic (exact) mass is 491 g/mol. The predicted molar refractivity (Wildman–Crippen MR) is 128 cm³/mol. The summed E-state index contributed by atoms with van der Waals surface area (Å²) in [5.41, 5.74) is 2.99. The molecule has 178 valence electrons. The van der Waals surface area contributed by atoms with Crippen LogP contribution in [0, 0.1) is 10.1 Å². The van der Waals surface area contributed by atoms with Crippen LogP contribution < -0.4 is 9.47 Å². The molecule has 5 rings (SSSR count). The molecule has 0 amide bonds. The lowest BCUT2D eigenvalue weighted by molar-refractivity contribution is -0.384. The van der Waals surface area contributed by atoms with Crippen LogP contribution in [0.5, 0.6) is 11.5 Å². The number of nitrogens with zero attached hydrogens (tertiary/aromatic N) is 5. The minimum absolute atomic E-state index is 0.00943. The number of fused-ring (bicyclic) bond motifs is 2. The molecule has 10 nitrogen and oxygen atoms in total.